The van der Waals surface area contributed by atoms with Crippen molar-refractivity contribution in [2.24, 2.45) is 5.92 Å². The summed E-state index contributed by atoms with van der Waals surface area (Å²) in [5.74, 6) is -0.304. The molecule has 0 atom stereocenters. The van der Waals surface area contributed by atoms with Crippen molar-refractivity contribution in [3.63, 3.8) is 0 Å². The monoisotopic (exact) mass is 220 g/mol. The number of nitrogens with one attached hydrogen (secondary N) is 1. The van der Waals surface area contributed by atoms with Gasteiger partial charge in [-0.25, -0.2) is 9.78 Å². The van der Waals surface area contributed by atoms with Gasteiger partial charge in [-0.1, -0.05) is 0 Å². The van der Waals surface area contributed by atoms with Gasteiger partial charge in [-0.05, 0) is 44.7 Å². The van der Waals surface area contributed by atoms with Crippen LogP contribution in [-0.4, -0.2) is 21.6 Å². The van der Waals surface area contributed by atoms with Crippen molar-refractivity contribution >= 4 is 11.7 Å². The van der Waals surface area contributed by atoms with Gasteiger partial charge in [-0.2, -0.15) is 0 Å². The molecule has 0 radical (unpaired) electrons. The van der Waals surface area contributed by atoms with E-state index in [1.165, 1.54) is 19.0 Å². The normalized spacial score (nSPS) is 15.9. The van der Waals surface area contributed by atoms with E-state index in [1.807, 2.05) is 0 Å². The molecule has 16 heavy (non-hydrogen) atoms. The van der Waals surface area contributed by atoms with Crippen molar-refractivity contribution in [1.82, 2.24) is 4.98 Å². The zero-order chi connectivity index (χ0) is 11.8. The van der Waals surface area contributed by atoms with Gasteiger partial charge in [0.2, 0.25) is 0 Å². The second kappa shape index (κ2) is 3.77. The predicted molar refractivity (Wildman–Crippen MR) is 61.6 cm³/mol. The molecule has 4 heteroatoms. The van der Waals surface area contributed by atoms with Gasteiger partial charge in [0.15, 0.2) is 0 Å². The van der Waals surface area contributed by atoms with E-state index in [2.05, 4.69) is 24.1 Å². The first-order valence-electron chi connectivity index (χ1n) is 5.46. The number of pyridine rings is 1. The lowest BCUT2D eigenvalue weighted by molar-refractivity contribution is 0.0690. The van der Waals surface area contributed by atoms with Gasteiger partial charge >= 0.3 is 5.97 Å². The van der Waals surface area contributed by atoms with Crippen LogP contribution in [0, 0.1) is 5.92 Å². The topological polar surface area (TPSA) is 62.2 Å². The molecular weight excluding hydrogens is 204 g/mol. The van der Waals surface area contributed by atoms with Gasteiger partial charge < -0.3 is 10.4 Å². The number of carboxylic acids is 1. The van der Waals surface area contributed by atoms with E-state index in [9.17, 15) is 4.79 Å². The Balaban J connectivity index is 2.14. The number of carbonyl (C=O) groups is 1. The number of aromatic nitrogens is 1. The number of carboxylic acid groups (broad SMARTS) is 1. The summed E-state index contributed by atoms with van der Waals surface area (Å²) in [5.41, 5.74) is 0.929. The fourth-order valence-corrected chi connectivity index (χ4v) is 1.90. The second-order valence-corrected chi connectivity index (χ2v) is 4.86. The molecule has 86 valence electrons. The molecule has 0 unspecified atom stereocenters. The van der Waals surface area contributed by atoms with E-state index in [0.29, 0.717) is 5.92 Å². The van der Waals surface area contributed by atoms with Crippen LogP contribution in [0.2, 0.25) is 0 Å². The van der Waals surface area contributed by atoms with Crippen molar-refractivity contribution in [3.8, 4) is 0 Å². The number of anilines is 1. The average Bonchev–Trinajstić information content (AvgIpc) is 3.00. The summed E-state index contributed by atoms with van der Waals surface area (Å²) < 4.78 is 0. The molecule has 2 N–H and O–H groups in total. The van der Waals surface area contributed by atoms with E-state index in [1.54, 1.807) is 12.1 Å². The van der Waals surface area contributed by atoms with E-state index >= 15 is 0 Å². The maximum Gasteiger partial charge on any atom is 0.354 e. The SMILES string of the molecule is CC(C)(Nc1ccnc(C(=O)O)c1)C1CC1. The molecule has 4 nitrogen and oxygen atoms in total. The molecule has 1 saturated carbocycles. The number of aromatic carboxylic acids is 1. The fourth-order valence-electron chi connectivity index (χ4n) is 1.90. The highest BCUT2D eigenvalue weighted by atomic mass is 16.4. The highest BCUT2D eigenvalue weighted by molar-refractivity contribution is 5.86. The summed E-state index contributed by atoms with van der Waals surface area (Å²) in [6, 6.07) is 3.38. The van der Waals surface area contributed by atoms with Crippen molar-refractivity contribution in [3.05, 3.63) is 24.0 Å². The van der Waals surface area contributed by atoms with Crippen LogP contribution in [0.25, 0.3) is 0 Å². The number of hydrogen-bond donors (Lipinski definition) is 2. The summed E-state index contributed by atoms with van der Waals surface area (Å²) in [5, 5.41) is 12.2. The zero-order valence-electron chi connectivity index (χ0n) is 9.53. The lowest BCUT2D eigenvalue weighted by Crippen LogP contribution is -2.33. The third-order valence-corrected chi connectivity index (χ3v) is 3.04. The molecule has 0 saturated heterocycles. The molecule has 0 spiro atoms. The predicted octanol–water partition coefficient (Wildman–Crippen LogP) is 2.38. The summed E-state index contributed by atoms with van der Waals surface area (Å²) in [6.07, 6.45) is 4.02. The first-order chi connectivity index (χ1) is 7.49. The Bertz CT molecular complexity index is 411. The van der Waals surface area contributed by atoms with Gasteiger partial charge in [0.25, 0.3) is 0 Å². The molecule has 1 aromatic rings. The van der Waals surface area contributed by atoms with Crippen LogP contribution in [0.5, 0.6) is 0 Å². The maximum absolute atomic E-state index is 10.8. The first-order valence-corrected chi connectivity index (χ1v) is 5.46. The van der Waals surface area contributed by atoms with Crippen LogP contribution in [0.15, 0.2) is 18.3 Å². The number of rotatable bonds is 4. The molecule has 1 fully saturated rings. The van der Waals surface area contributed by atoms with Crippen molar-refractivity contribution in [2.75, 3.05) is 5.32 Å². The highest BCUT2D eigenvalue weighted by Gasteiger charge is 2.37. The van der Waals surface area contributed by atoms with Gasteiger partial charge in [-0.3, -0.25) is 0 Å². The molecule has 1 aromatic heterocycles. The molecule has 1 heterocycles. The molecule has 0 aromatic carbocycles. The Morgan fingerprint density at radius 2 is 2.25 bits per heavy atom. The largest absolute Gasteiger partial charge is 0.477 e. The second-order valence-electron chi connectivity index (χ2n) is 4.86. The standard InChI is InChI=1S/C12H16N2O2/c1-12(2,8-3-4-8)14-9-5-6-13-10(7-9)11(15)16/h5-8H,3-4H2,1-2H3,(H,13,14)(H,15,16). The molecule has 0 amide bonds. The van der Waals surface area contributed by atoms with Crippen LogP contribution in [0.1, 0.15) is 37.2 Å². The Hall–Kier alpha value is -1.58. The molecule has 0 aliphatic heterocycles. The van der Waals surface area contributed by atoms with Crippen LogP contribution in [-0.2, 0) is 0 Å². The average molecular weight is 220 g/mol. The van der Waals surface area contributed by atoms with Crippen LogP contribution < -0.4 is 5.32 Å². The smallest absolute Gasteiger partial charge is 0.354 e. The minimum absolute atomic E-state index is 0.0249. The number of nitrogens with zero attached hydrogens (tertiary/aromatic N) is 1. The Morgan fingerprint density at radius 1 is 1.56 bits per heavy atom. The highest BCUT2D eigenvalue weighted by Crippen LogP contribution is 2.41. The Morgan fingerprint density at radius 3 is 2.81 bits per heavy atom. The summed E-state index contributed by atoms with van der Waals surface area (Å²) >= 11 is 0. The van der Waals surface area contributed by atoms with Crippen molar-refractivity contribution < 1.29 is 9.90 Å². The quantitative estimate of drug-likeness (QED) is 0.817. The van der Waals surface area contributed by atoms with E-state index in [0.717, 1.165) is 5.69 Å². The van der Waals surface area contributed by atoms with E-state index < -0.39 is 5.97 Å². The molecule has 1 aliphatic rings. The van der Waals surface area contributed by atoms with Gasteiger partial charge in [0.05, 0.1) is 0 Å². The maximum atomic E-state index is 10.8. The third kappa shape index (κ3) is 2.32. The Labute approximate surface area is 94.7 Å². The molecular formula is C12H16N2O2. The van der Waals surface area contributed by atoms with Crippen molar-refractivity contribution in [1.29, 1.82) is 0 Å². The first kappa shape index (κ1) is 10.9. The van der Waals surface area contributed by atoms with Crippen LogP contribution in [0.4, 0.5) is 5.69 Å². The van der Waals surface area contributed by atoms with E-state index in [4.69, 9.17) is 5.11 Å². The lowest BCUT2D eigenvalue weighted by atomic mass is 9.98. The van der Waals surface area contributed by atoms with Crippen molar-refractivity contribution in [2.45, 2.75) is 32.2 Å². The van der Waals surface area contributed by atoms with E-state index in [-0.39, 0.29) is 11.2 Å². The minimum atomic E-state index is -0.993. The summed E-state index contributed by atoms with van der Waals surface area (Å²) in [6.45, 7) is 4.29. The molecule has 1 aliphatic carbocycles. The Kier molecular flexibility index (Phi) is 2.58. The van der Waals surface area contributed by atoms with Gasteiger partial charge in [0.1, 0.15) is 5.69 Å². The molecule has 2 rings (SSSR count). The lowest BCUT2D eigenvalue weighted by Gasteiger charge is -2.27. The third-order valence-electron chi connectivity index (χ3n) is 3.04. The summed E-state index contributed by atoms with van der Waals surface area (Å²) in [7, 11) is 0. The minimum Gasteiger partial charge on any atom is -0.477 e. The number of hydrogen-bond acceptors (Lipinski definition) is 3. The molecule has 0 bridgehead atoms. The van der Waals surface area contributed by atoms with Crippen LogP contribution in [0.3, 0.4) is 0 Å². The zero-order valence-corrected chi connectivity index (χ0v) is 9.53. The van der Waals surface area contributed by atoms with Gasteiger partial charge in [0, 0.05) is 17.4 Å². The summed E-state index contributed by atoms with van der Waals surface area (Å²) in [4.78, 5) is 14.6. The van der Waals surface area contributed by atoms with Gasteiger partial charge in [-0.15, -0.1) is 0 Å². The fraction of sp³-hybridized carbons (Fsp3) is 0.500. The van der Waals surface area contributed by atoms with Crippen LogP contribution >= 0.6 is 0 Å².